The third kappa shape index (κ3) is 7.16. The highest BCUT2D eigenvalue weighted by atomic mass is 31.1. The summed E-state index contributed by atoms with van der Waals surface area (Å²) in [6, 6.07) is 23.9. The van der Waals surface area contributed by atoms with Crippen molar-refractivity contribution in [3.8, 4) is 11.5 Å². The number of ether oxygens (including phenoxy) is 4. The van der Waals surface area contributed by atoms with Crippen molar-refractivity contribution >= 4 is 31.3 Å². The van der Waals surface area contributed by atoms with Gasteiger partial charge in [0.1, 0.15) is 29.3 Å². The molecule has 0 saturated carbocycles. The molecule has 1 saturated heterocycles. The van der Waals surface area contributed by atoms with Gasteiger partial charge < -0.3 is 23.8 Å². The molecule has 5 unspecified atom stereocenters. The first-order valence-electron chi connectivity index (χ1n) is 16.0. The van der Waals surface area contributed by atoms with Gasteiger partial charge in [0.25, 0.3) is 5.56 Å². The third-order valence-electron chi connectivity index (χ3n) is 8.61. The van der Waals surface area contributed by atoms with Crippen molar-refractivity contribution in [3.05, 3.63) is 112 Å². The Bertz CT molecular complexity index is 2010. The summed E-state index contributed by atoms with van der Waals surface area (Å²) in [5.74, 6) is 0.251. The number of hydrogen-bond donors (Lipinski definition) is 3. The molecular weight excluding hydrogens is 684 g/mol. The maximum absolute atomic E-state index is 16.5. The molecule has 14 nitrogen and oxygen atoms in total. The third-order valence-corrected chi connectivity index (χ3v) is 9.08. The molecule has 3 heterocycles. The van der Waals surface area contributed by atoms with Gasteiger partial charge >= 0.3 is 8.25 Å². The van der Waals surface area contributed by atoms with Crippen molar-refractivity contribution < 1.29 is 42.1 Å². The average molecular weight is 722 g/mol. The Morgan fingerprint density at radius 2 is 1.61 bits per heavy atom. The van der Waals surface area contributed by atoms with Crippen LogP contribution in [-0.2, 0) is 29.0 Å². The zero-order chi connectivity index (χ0) is 36.3. The van der Waals surface area contributed by atoms with Crippen molar-refractivity contribution in [2.24, 2.45) is 5.92 Å². The van der Waals surface area contributed by atoms with Crippen LogP contribution in [0.3, 0.4) is 0 Å². The fraction of sp³-hybridized carbons (Fsp3) is 0.314. The molecule has 0 spiro atoms. The van der Waals surface area contributed by atoms with Gasteiger partial charge in [-0.2, -0.15) is 4.98 Å². The molecule has 3 aromatic carbocycles. The van der Waals surface area contributed by atoms with Crippen LogP contribution in [-0.4, -0.2) is 69.5 Å². The molecule has 1 amide bonds. The average Bonchev–Trinajstić information content (AvgIpc) is 3.69. The van der Waals surface area contributed by atoms with Gasteiger partial charge in [0.05, 0.1) is 27.2 Å². The summed E-state index contributed by atoms with van der Waals surface area (Å²) < 4.78 is 58.8. The summed E-state index contributed by atoms with van der Waals surface area (Å²) in [5.41, 5.74) is -0.0878. The molecule has 0 radical (unpaired) electrons. The lowest BCUT2D eigenvalue weighted by Crippen LogP contribution is -2.38. The number of carbonyl (C=O) groups excluding carboxylic acids is 1. The van der Waals surface area contributed by atoms with E-state index in [0.717, 1.165) is 5.56 Å². The highest BCUT2D eigenvalue weighted by molar-refractivity contribution is 7.32. The topological polar surface area (TPSA) is 176 Å². The molecule has 51 heavy (non-hydrogen) atoms. The van der Waals surface area contributed by atoms with E-state index >= 15 is 4.39 Å². The maximum atomic E-state index is 16.5. The Hall–Kier alpha value is -4.92. The summed E-state index contributed by atoms with van der Waals surface area (Å²) in [6.07, 6.45) is -5.18. The predicted molar refractivity (Wildman–Crippen MR) is 185 cm³/mol. The molecule has 268 valence electrons. The monoisotopic (exact) mass is 721 g/mol. The number of amides is 1. The van der Waals surface area contributed by atoms with Crippen molar-refractivity contribution in [1.82, 2.24) is 19.5 Å². The number of anilines is 1. The van der Waals surface area contributed by atoms with Gasteiger partial charge in [-0.1, -0.05) is 68.4 Å². The second-order valence-corrected chi connectivity index (χ2v) is 12.8. The van der Waals surface area contributed by atoms with Crippen molar-refractivity contribution in [2.45, 2.75) is 44.1 Å². The highest BCUT2D eigenvalue weighted by Crippen LogP contribution is 2.44. The van der Waals surface area contributed by atoms with Crippen LogP contribution >= 0.6 is 8.25 Å². The van der Waals surface area contributed by atoms with Crippen molar-refractivity contribution in [2.75, 3.05) is 26.1 Å². The number of H-pyrrole nitrogens is 1. The number of rotatable bonds is 13. The number of hydrogen-bond acceptors (Lipinski definition) is 10. The minimum atomic E-state index is -3.69. The van der Waals surface area contributed by atoms with E-state index in [1.165, 1.54) is 10.9 Å². The van der Waals surface area contributed by atoms with Gasteiger partial charge in [-0.25, -0.2) is 9.37 Å². The van der Waals surface area contributed by atoms with Gasteiger partial charge in [0, 0.05) is 5.92 Å². The molecule has 1 aliphatic heterocycles. The van der Waals surface area contributed by atoms with Crippen LogP contribution in [0.25, 0.3) is 11.2 Å². The lowest BCUT2D eigenvalue weighted by atomic mass is 9.80. The number of imidazole rings is 1. The quantitative estimate of drug-likeness (QED) is 0.113. The van der Waals surface area contributed by atoms with Crippen LogP contribution in [0.4, 0.5) is 10.3 Å². The molecule has 5 atom stereocenters. The number of halogens is 1. The second kappa shape index (κ2) is 15.1. The summed E-state index contributed by atoms with van der Waals surface area (Å²) in [5, 5.41) is 2.53. The molecule has 5 aromatic rings. The normalized spacial score (nSPS) is 19.7. The Morgan fingerprint density at radius 3 is 2.16 bits per heavy atom. The molecular formula is C35H37FN5O9P. The molecule has 0 bridgehead atoms. The number of aromatic nitrogens is 4. The lowest BCUT2D eigenvalue weighted by Gasteiger charge is -2.37. The number of fused-ring (bicyclic) bond motifs is 1. The maximum Gasteiger partial charge on any atom is 0.317 e. The summed E-state index contributed by atoms with van der Waals surface area (Å²) >= 11 is 0. The van der Waals surface area contributed by atoms with Crippen LogP contribution in [0, 0.1) is 5.92 Å². The number of methoxy groups -OCH3 is 2. The van der Waals surface area contributed by atoms with Crippen LogP contribution in [0.15, 0.2) is 90.0 Å². The first-order valence-corrected chi connectivity index (χ1v) is 17.3. The number of carbonyl (C=O) groups is 1. The van der Waals surface area contributed by atoms with Crippen molar-refractivity contribution in [3.63, 3.8) is 0 Å². The molecule has 16 heteroatoms. The molecule has 0 aliphatic carbocycles. The number of nitrogens with zero attached hydrogens (tertiary/aromatic N) is 3. The minimum absolute atomic E-state index is 0.0714. The number of aromatic amines is 1. The molecule has 1 fully saturated rings. The Labute approximate surface area is 292 Å². The van der Waals surface area contributed by atoms with Gasteiger partial charge in [-0.3, -0.25) is 33.5 Å². The Morgan fingerprint density at radius 1 is 1.02 bits per heavy atom. The van der Waals surface area contributed by atoms with E-state index in [9.17, 15) is 19.0 Å². The molecule has 3 N–H and O–H groups in total. The first kappa shape index (κ1) is 35.9. The SMILES string of the molecule is COc1ccc(C(OCC2OC(n3cnc4c(=O)[nH]c(NC(=O)C(C)C)nc43)C(O[PH](=O)O)C2F)(c2ccccc2)c2ccc(OC)cc2)cc1. The second-order valence-electron chi connectivity index (χ2n) is 12.1. The van der Waals surface area contributed by atoms with E-state index in [2.05, 4.69) is 20.3 Å². The zero-order valence-corrected chi connectivity index (χ0v) is 29.1. The largest absolute Gasteiger partial charge is 0.497 e. The van der Waals surface area contributed by atoms with Crippen molar-refractivity contribution in [1.29, 1.82) is 0 Å². The van der Waals surface area contributed by atoms with Gasteiger partial charge in [0.2, 0.25) is 11.9 Å². The molecule has 2 aromatic heterocycles. The molecule has 6 rings (SSSR count). The highest BCUT2D eigenvalue weighted by Gasteiger charge is 2.50. The fourth-order valence-corrected chi connectivity index (χ4v) is 6.49. The summed E-state index contributed by atoms with van der Waals surface area (Å²) in [6.45, 7) is 2.97. The van der Waals surface area contributed by atoms with Crippen LogP contribution < -0.4 is 20.3 Å². The number of benzene rings is 3. The minimum Gasteiger partial charge on any atom is -0.497 e. The number of nitrogens with one attached hydrogen (secondary N) is 2. The van der Waals surface area contributed by atoms with Crippen LogP contribution in [0.1, 0.15) is 36.8 Å². The van der Waals surface area contributed by atoms with E-state index in [0.29, 0.717) is 22.6 Å². The zero-order valence-electron chi connectivity index (χ0n) is 28.1. The predicted octanol–water partition coefficient (Wildman–Crippen LogP) is 4.74. The van der Waals surface area contributed by atoms with E-state index < -0.39 is 55.8 Å². The molecule has 1 aliphatic rings. The van der Waals surface area contributed by atoms with Crippen LogP contribution in [0.5, 0.6) is 11.5 Å². The van der Waals surface area contributed by atoms with Gasteiger partial charge in [0.15, 0.2) is 23.6 Å². The fourth-order valence-electron chi connectivity index (χ4n) is 6.01. The summed E-state index contributed by atoms with van der Waals surface area (Å²) in [4.78, 5) is 45.9. The standard InChI is InChI=1S/C35H37FN5O9P/c1-20(2)31(42)39-34-38-30-28(32(43)40-34)37-19-41(30)33-29(50-51(44)45)27(36)26(49-33)18-48-35(21-8-6-5-7-9-21,22-10-14-24(46-3)15-11-22)23-12-16-25(47-4)17-13-23/h5-17,19-20,26-27,29,33,51H,18H2,1-4H3,(H,44,45)(H2,38,39,40,42,43). The smallest absolute Gasteiger partial charge is 0.317 e. The van der Waals surface area contributed by atoms with E-state index in [1.54, 1.807) is 52.3 Å². The number of alkyl halides is 1. The lowest BCUT2D eigenvalue weighted by molar-refractivity contribution is -0.118. The first-order chi connectivity index (χ1) is 24.5. The summed E-state index contributed by atoms with van der Waals surface area (Å²) in [7, 11) is -0.564. The van der Waals surface area contributed by atoms with Crippen LogP contribution in [0.2, 0.25) is 0 Å². The van der Waals surface area contributed by atoms with E-state index in [4.69, 9.17) is 23.5 Å². The van der Waals surface area contributed by atoms with E-state index in [-0.39, 0.29) is 23.7 Å². The van der Waals surface area contributed by atoms with E-state index in [1.807, 2.05) is 54.6 Å². The van der Waals surface area contributed by atoms with Gasteiger partial charge in [-0.05, 0) is 41.0 Å². The van der Waals surface area contributed by atoms with Gasteiger partial charge in [-0.15, -0.1) is 0 Å². The Kier molecular flexibility index (Phi) is 10.6. The Balaban J connectivity index is 1.40.